The SMILES string of the molecule is [C-]#[N+]/N=c1\c2cc(C(F)(F)F)ccc2c2nc3/c(=N/C#N)c4cc(C(F)(F)F)ccc4c3nc12. The molecule has 0 aliphatic rings. The van der Waals surface area contributed by atoms with Gasteiger partial charge in [-0.2, -0.15) is 43.2 Å². The topological polar surface area (TPSA) is 78.6 Å². The lowest BCUT2D eigenvalue weighted by atomic mass is 10.1. The quantitative estimate of drug-likeness (QED) is 0.137. The summed E-state index contributed by atoms with van der Waals surface area (Å²) in [6.45, 7) is 7.07. The Labute approximate surface area is 184 Å². The smallest absolute Gasteiger partial charge is 0.241 e. The van der Waals surface area contributed by atoms with Crippen LogP contribution in [0.3, 0.4) is 0 Å². The number of hydrogen-bond acceptors (Lipinski definition) is 5. The van der Waals surface area contributed by atoms with Gasteiger partial charge in [-0.3, -0.25) is 0 Å². The molecule has 4 aromatic carbocycles. The number of halogens is 6. The monoisotopic (exact) mass is 468 g/mol. The predicted octanol–water partition coefficient (Wildman–Crippen LogP) is 5.12. The van der Waals surface area contributed by atoms with Crippen molar-refractivity contribution in [2.24, 2.45) is 10.1 Å². The zero-order valence-corrected chi connectivity index (χ0v) is 16.4. The second kappa shape index (κ2) is 6.96. The molecule has 0 fully saturated rings. The van der Waals surface area contributed by atoms with E-state index in [1.165, 1.54) is 0 Å². The van der Waals surface area contributed by atoms with Gasteiger partial charge in [0.1, 0.15) is 16.4 Å². The number of benzene rings is 2. The summed E-state index contributed by atoms with van der Waals surface area (Å²) in [5.41, 5.74) is -1.74. The normalized spacial score (nSPS) is 13.9. The van der Waals surface area contributed by atoms with Crippen molar-refractivity contribution in [3.63, 3.8) is 0 Å². The summed E-state index contributed by atoms with van der Waals surface area (Å²) in [7, 11) is 0. The van der Waals surface area contributed by atoms with Gasteiger partial charge in [0.15, 0.2) is 5.36 Å². The molecule has 166 valence electrons. The van der Waals surface area contributed by atoms with Crippen LogP contribution in [0, 0.1) is 18.0 Å². The molecule has 0 unspecified atom stereocenters. The van der Waals surface area contributed by atoms with Gasteiger partial charge >= 0.3 is 12.4 Å². The largest absolute Gasteiger partial charge is 0.416 e. The second-order valence-corrected chi connectivity index (χ2v) is 7.24. The second-order valence-electron chi connectivity index (χ2n) is 7.24. The van der Waals surface area contributed by atoms with Gasteiger partial charge in [-0.15, -0.1) is 4.95 Å². The van der Waals surface area contributed by atoms with Crippen molar-refractivity contribution < 1.29 is 26.3 Å². The maximum absolute atomic E-state index is 13.2. The van der Waals surface area contributed by atoms with Gasteiger partial charge in [0.25, 0.3) is 0 Å². The van der Waals surface area contributed by atoms with Crippen LogP contribution >= 0.6 is 0 Å². The fourth-order valence-corrected chi connectivity index (χ4v) is 3.96. The molecule has 0 atom stereocenters. The van der Waals surface area contributed by atoms with Gasteiger partial charge < -0.3 is 0 Å². The molecule has 0 spiro atoms. The summed E-state index contributed by atoms with van der Waals surface area (Å²) in [5.74, 6) is 0. The van der Waals surface area contributed by atoms with Crippen molar-refractivity contribution in [2.75, 3.05) is 0 Å². The van der Waals surface area contributed by atoms with Crippen LogP contribution in [0.15, 0.2) is 46.5 Å². The van der Waals surface area contributed by atoms with Crippen molar-refractivity contribution in [1.82, 2.24) is 9.97 Å². The molecule has 5 rings (SSSR count). The molecule has 0 radical (unpaired) electrons. The molecule has 0 saturated heterocycles. The summed E-state index contributed by atoms with van der Waals surface area (Å²) in [5, 5.41) is 12.9. The van der Waals surface area contributed by atoms with Crippen LogP contribution in [-0.2, 0) is 12.4 Å². The summed E-state index contributed by atoms with van der Waals surface area (Å²) in [6, 6.07) is 5.67. The zero-order valence-electron chi connectivity index (χ0n) is 16.4. The fraction of sp³-hybridized carbons (Fsp3) is 0.0909. The highest BCUT2D eigenvalue weighted by atomic mass is 19.4. The fourth-order valence-electron chi connectivity index (χ4n) is 3.96. The Kier molecular flexibility index (Phi) is 4.35. The number of nitrogens with zero attached hydrogens (tertiary/aromatic N) is 6. The van der Waals surface area contributed by atoms with Crippen molar-refractivity contribution >= 4 is 43.6 Å². The molecule has 5 aromatic rings. The lowest BCUT2D eigenvalue weighted by Crippen LogP contribution is -2.06. The molecule has 0 saturated carbocycles. The molecule has 1 heterocycles. The third-order valence-electron chi connectivity index (χ3n) is 5.37. The summed E-state index contributed by atoms with van der Waals surface area (Å²) in [6.07, 6.45) is -7.75. The van der Waals surface area contributed by atoms with E-state index in [0.29, 0.717) is 0 Å². The number of hydrogen-bond donors (Lipinski definition) is 0. The maximum Gasteiger partial charge on any atom is 0.416 e. The lowest BCUT2D eigenvalue weighted by Gasteiger charge is -2.05. The number of alkyl halides is 6. The Morgan fingerprint density at radius 1 is 0.735 bits per heavy atom. The molecule has 0 N–H and O–H groups in total. The predicted molar refractivity (Wildman–Crippen MR) is 108 cm³/mol. The highest BCUT2D eigenvalue weighted by Gasteiger charge is 2.32. The zero-order chi connectivity index (χ0) is 24.4. The van der Waals surface area contributed by atoms with E-state index in [1.807, 2.05) is 0 Å². The van der Waals surface area contributed by atoms with E-state index in [1.54, 1.807) is 6.19 Å². The van der Waals surface area contributed by atoms with E-state index in [-0.39, 0.29) is 54.3 Å². The maximum atomic E-state index is 13.2. The lowest BCUT2D eigenvalue weighted by molar-refractivity contribution is -0.138. The molecule has 6 nitrogen and oxygen atoms in total. The third-order valence-corrected chi connectivity index (χ3v) is 5.37. The third kappa shape index (κ3) is 3.03. The van der Waals surface area contributed by atoms with Crippen molar-refractivity contribution in [2.45, 2.75) is 12.4 Å². The first-order valence-corrected chi connectivity index (χ1v) is 9.32. The molecule has 0 bridgehead atoms. The first-order valence-electron chi connectivity index (χ1n) is 9.32. The molecular formula is C22H6F6N6. The van der Waals surface area contributed by atoms with Crippen molar-refractivity contribution in [1.29, 1.82) is 5.26 Å². The molecule has 12 heteroatoms. The Hall–Kier alpha value is -4.58. The Bertz CT molecular complexity index is 1720. The number of nitriles is 1. The van der Waals surface area contributed by atoms with E-state index >= 15 is 0 Å². The minimum Gasteiger partial charge on any atom is -0.241 e. The van der Waals surface area contributed by atoms with Crippen LogP contribution < -0.4 is 10.7 Å². The van der Waals surface area contributed by atoms with Crippen LogP contribution in [0.1, 0.15) is 11.1 Å². The van der Waals surface area contributed by atoms with E-state index < -0.39 is 23.5 Å². The van der Waals surface area contributed by atoms with Gasteiger partial charge in [0, 0.05) is 21.5 Å². The molecule has 1 aromatic heterocycles. The molecule has 0 aliphatic heterocycles. The highest BCUT2D eigenvalue weighted by molar-refractivity contribution is 6.14. The van der Waals surface area contributed by atoms with E-state index in [0.717, 1.165) is 36.4 Å². The number of rotatable bonds is 0. The summed E-state index contributed by atoms with van der Waals surface area (Å²) < 4.78 is 79.5. The molecule has 0 aliphatic carbocycles. The summed E-state index contributed by atoms with van der Waals surface area (Å²) >= 11 is 0. The van der Waals surface area contributed by atoms with Crippen LogP contribution in [0.25, 0.3) is 48.6 Å². The number of aromatic nitrogens is 2. The number of fused-ring (bicyclic) bond motifs is 6. The highest BCUT2D eigenvalue weighted by Crippen LogP contribution is 2.35. The van der Waals surface area contributed by atoms with Gasteiger partial charge in [0.05, 0.1) is 27.3 Å². The molecule has 34 heavy (non-hydrogen) atoms. The van der Waals surface area contributed by atoms with Gasteiger partial charge in [-0.25, -0.2) is 9.97 Å². The van der Waals surface area contributed by atoms with Gasteiger partial charge in [-0.1, -0.05) is 12.1 Å². The van der Waals surface area contributed by atoms with Crippen molar-refractivity contribution in [3.8, 4) is 6.19 Å². The molecule has 0 amide bonds. The minimum atomic E-state index is -4.64. The van der Waals surface area contributed by atoms with Crippen LogP contribution in [0.5, 0.6) is 0 Å². The van der Waals surface area contributed by atoms with E-state index in [9.17, 15) is 26.3 Å². The van der Waals surface area contributed by atoms with Gasteiger partial charge in [0.2, 0.25) is 6.19 Å². The first kappa shape index (κ1) is 21.3. The van der Waals surface area contributed by atoms with E-state index in [4.69, 9.17) is 11.8 Å². The van der Waals surface area contributed by atoms with E-state index in [2.05, 4.69) is 25.0 Å². The first-order chi connectivity index (χ1) is 16.0. The summed E-state index contributed by atoms with van der Waals surface area (Å²) in [4.78, 5) is 15.4. The Morgan fingerprint density at radius 3 is 1.65 bits per heavy atom. The Morgan fingerprint density at radius 2 is 1.21 bits per heavy atom. The molecular weight excluding hydrogens is 462 g/mol. The van der Waals surface area contributed by atoms with Gasteiger partial charge in [-0.05, 0) is 24.3 Å². The standard InChI is InChI=1S/C22H6F6N6/c1-30-34-18-14-7-10(22(26,27)28)3-5-12(14)17-20(18)33-16-11-4-2-9(21(23,24)25)6-13(11)15(31-8-29)19(16)32-17/h2-7H/b31-15+,34-18+. The van der Waals surface area contributed by atoms with Crippen LogP contribution in [-0.4, -0.2) is 9.97 Å². The average Bonchev–Trinajstić information content (AvgIpc) is 3.24. The Balaban J connectivity index is 1.99. The van der Waals surface area contributed by atoms with Crippen LogP contribution in [0.4, 0.5) is 26.3 Å². The minimum absolute atomic E-state index is 0.00378. The average molecular weight is 468 g/mol. The van der Waals surface area contributed by atoms with Crippen molar-refractivity contribution in [3.05, 3.63) is 69.8 Å². The van der Waals surface area contributed by atoms with Crippen LogP contribution in [0.2, 0.25) is 0 Å².